The van der Waals surface area contributed by atoms with Crippen molar-refractivity contribution in [1.82, 2.24) is 9.97 Å². The zero-order valence-corrected chi connectivity index (χ0v) is 15.7. The Hall–Kier alpha value is -2.97. The average Bonchev–Trinajstić information content (AvgIpc) is 3.14. The van der Waals surface area contributed by atoms with Gasteiger partial charge in [0.15, 0.2) is 11.7 Å². The number of pyridine rings is 1. The van der Waals surface area contributed by atoms with Crippen molar-refractivity contribution in [3.05, 3.63) is 58.7 Å². The summed E-state index contributed by atoms with van der Waals surface area (Å²) >= 11 is 6.99. The minimum Gasteiger partial charge on any atom is -0.497 e. The topological polar surface area (TPSA) is 90.4 Å². The van der Waals surface area contributed by atoms with Gasteiger partial charge in [-0.15, -0.1) is 11.3 Å². The van der Waals surface area contributed by atoms with E-state index in [4.69, 9.17) is 21.1 Å². The molecule has 3 rings (SSSR count). The molecule has 1 amide bonds. The Morgan fingerprint density at radius 2 is 2.11 bits per heavy atom. The van der Waals surface area contributed by atoms with Gasteiger partial charge >= 0.3 is 5.97 Å². The maximum Gasteiger partial charge on any atom is 0.338 e. The Morgan fingerprint density at radius 3 is 2.89 bits per heavy atom. The van der Waals surface area contributed by atoms with Crippen LogP contribution in [0.5, 0.6) is 5.75 Å². The third-order valence-electron chi connectivity index (χ3n) is 3.41. The minimum atomic E-state index is -0.661. The van der Waals surface area contributed by atoms with Crippen molar-refractivity contribution in [1.29, 1.82) is 0 Å². The Morgan fingerprint density at radius 1 is 1.26 bits per heavy atom. The summed E-state index contributed by atoms with van der Waals surface area (Å²) in [6.45, 7) is -0.438. The van der Waals surface area contributed by atoms with Gasteiger partial charge in [0.1, 0.15) is 10.9 Å². The molecule has 0 fully saturated rings. The predicted octanol–water partition coefficient (Wildman–Crippen LogP) is 3.66. The summed E-state index contributed by atoms with van der Waals surface area (Å²) in [5.41, 5.74) is 1.79. The standard InChI is InChI=1S/C18H14ClN3O4S/c1-25-13-4-2-3-11(7-13)14-10-27-18(21-14)22-16(23)9-26-17(24)12-5-6-20-15(19)8-12/h2-8,10H,9H2,1H3,(H,21,22,23). The number of amides is 1. The fourth-order valence-corrected chi connectivity index (χ4v) is 3.06. The molecule has 7 nitrogen and oxygen atoms in total. The predicted molar refractivity (Wildman–Crippen MR) is 102 cm³/mol. The van der Waals surface area contributed by atoms with Gasteiger partial charge in [-0.1, -0.05) is 23.7 Å². The van der Waals surface area contributed by atoms with Gasteiger partial charge in [-0.3, -0.25) is 10.1 Å². The zero-order chi connectivity index (χ0) is 19.2. The van der Waals surface area contributed by atoms with Gasteiger partial charge in [0.2, 0.25) is 0 Å². The molecule has 0 aliphatic heterocycles. The summed E-state index contributed by atoms with van der Waals surface area (Å²) in [5.74, 6) is -0.435. The first-order valence-corrected chi connectivity index (χ1v) is 8.99. The molecular formula is C18H14ClN3O4S. The van der Waals surface area contributed by atoms with Crippen LogP contribution < -0.4 is 10.1 Å². The Balaban J connectivity index is 1.57. The molecule has 0 aliphatic rings. The third kappa shape index (κ3) is 5.02. The summed E-state index contributed by atoms with van der Waals surface area (Å²) in [5, 5.41) is 4.99. The van der Waals surface area contributed by atoms with Crippen molar-refractivity contribution in [3.63, 3.8) is 0 Å². The van der Waals surface area contributed by atoms with Crippen molar-refractivity contribution >= 4 is 39.9 Å². The highest BCUT2D eigenvalue weighted by Crippen LogP contribution is 2.27. The number of esters is 1. The number of hydrogen-bond acceptors (Lipinski definition) is 7. The van der Waals surface area contributed by atoms with Crippen molar-refractivity contribution in [2.24, 2.45) is 0 Å². The van der Waals surface area contributed by atoms with Crippen LogP contribution >= 0.6 is 22.9 Å². The molecule has 27 heavy (non-hydrogen) atoms. The lowest BCUT2D eigenvalue weighted by atomic mass is 10.2. The molecule has 1 aromatic carbocycles. The largest absolute Gasteiger partial charge is 0.497 e. The maximum absolute atomic E-state index is 12.0. The van der Waals surface area contributed by atoms with Crippen molar-refractivity contribution in [2.45, 2.75) is 0 Å². The van der Waals surface area contributed by atoms with Crippen molar-refractivity contribution < 1.29 is 19.1 Å². The van der Waals surface area contributed by atoms with E-state index < -0.39 is 18.5 Å². The zero-order valence-electron chi connectivity index (χ0n) is 14.1. The number of carbonyl (C=O) groups is 2. The van der Waals surface area contributed by atoms with Gasteiger partial charge in [0.05, 0.1) is 18.4 Å². The number of thiazole rings is 1. The third-order valence-corrected chi connectivity index (χ3v) is 4.38. The molecule has 0 radical (unpaired) electrons. The summed E-state index contributed by atoms with van der Waals surface area (Å²) in [6, 6.07) is 10.3. The number of methoxy groups -OCH3 is 1. The van der Waals surface area contributed by atoms with E-state index in [1.54, 1.807) is 7.11 Å². The van der Waals surface area contributed by atoms with Gasteiger partial charge in [-0.05, 0) is 24.3 Å². The molecule has 0 aliphatic carbocycles. The second-order valence-electron chi connectivity index (χ2n) is 5.26. The molecule has 9 heteroatoms. The molecule has 0 atom stereocenters. The van der Waals surface area contributed by atoms with E-state index in [2.05, 4.69) is 15.3 Å². The van der Waals surface area contributed by atoms with Crippen LogP contribution in [0, 0.1) is 0 Å². The van der Waals surface area contributed by atoms with E-state index in [1.165, 1.54) is 29.7 Å². The van der Waals surface area contributed by atoms with Crippen LogP contribution in [-0.2, 0) is 9.53 Å². The van der Waals surface area contributed by atoms with E-state index in [1.807, 2.05) is 29.6 Å². The number of nitrogens with one attached hydrogen (secondary N) is 1. The van der Waals surface area contributed by atoms with Gasteiger partial charge in [0, 0.05) is 17.1 Å². The number of aromatic nitrogens is 2. The van der Waals surface area contributed by atoms with Gasteiger partial charge in [-0.25, -0.2) is 14.8 Å². The van der Waals surface area contributed by atoms with Crippen LogP contribution in [0.2, 0.25) is 5.15 Å². The molecule has 2 heterocycles. The number of carbonyl (C=O) groups excluding carboxylic acids is 2. The number of nitrogens with zero attached hydrogens (tertiary/aromatic N) is 2. The molecule has 0 spiro atoms. The SMILES string of the molecule is COc1cccc(-c2csc(NC(=O)COC(=O)c3ccnc(Cl)c3)n2)c1. The highest BCUT2D eigenvalue weighted by molar-refractivity contribution is 7.14. The van der Waals surface area contributed by atoms with Crippen LogP contribution in [0.1, 0.15) is 10.4 Å². The van der Waals surface area contributed by atoms with E-state index in [0.717, 1.165) is 5.56 Å². The molecule has 0 saturated heterocycles. The summed E-state index contributed by atoms with van der Waals surface area (Å²) < 4.78 is 10.2. The molecule has 0 saturated carbocycles. The molecule has 0 unspecified atom stereocenters. The summed E-state index contributed by atoms with van der Waals surface area (Å²) in [4.78, 5) is 32.0. The smallest absolute Gasteiger partial charge is 0.338 e. The fourth-order valence-electron chi connectivity index (χ4n) is 2.15. The second-order valence-corrected chi connectivity index (χ2v) is 6.51. The van der Waals surface area contributed by atoms with E-state index in [-0.39, 0.29) is 10.7 Å². The average molecular weight is 404 g/mol. The van der Waals surface area contributed by atoms with Crippen molar-refractivity contribution in [3.8, 4) is 17.0 Å². The number of hydrogen-bond donors (Lipinski definition) is 1. The monoisotopic (exact) mass is 403 g/mol. The molecule has 2 aromatic heterocycles. The molecule has 3 aromatic rings. The normalized spacial score (nSPS) is 10.3. The van der Waals surface area contributed by atoms with Crippen LogP contribution in [0.4, 0.5) is 5.13 Å². The van der Waals surface area contributed by atoms with Gasteiger partial charge in [-0.2, -0.15) is 0 Å². The summed E-state index contributed by atoms with van der Waals surface area (Å²) in [6.07, 6.45) is 1.38. The van der Waals surface area contributed by atoms with E-state index >= 15 is 0 Å². The lowest BCUT2D eigenvalue weighted by molar-refractivity contribution is -0.119. The molecule has 138 valence electrons. The summed E-state index contributed by atoms with van der Waals surface area (Å²) in [7, 11) is 1.59. The van der Waals surface area contributed by atoms with Gasteiger partial charge < -0.3 is 9.47 Å². The number of anilines is 1. The lowest BCUT2D eigenvalue weighted by Gasteiger charge is -2.05. The number of benzene rings is 1. The number of ether oxygens (including phenoxy) is 2. The first-order chi connectivity index (χ1) is 13.0. The number of halogens is 1. The highest BCUT2D eigenvalue weighted by Gasteiger charge is 2.13. The fraction of sp³-hybridized carbons (Fsp3) is 0.111. The van der Waals surface area contributed by atoms with Crippen LogP contribution in [-0.4, -0.2) is 35.6 Å². The van der Waals surface area contributed by atoms with Crippen molar-refractivity contribution in [2.75, 3.05) is 19.0 Å². The second kappa shape index (κ2) is 8.61. The first-order valence-electron chi connectivity index (χ1n) is 7.73. The lowest BCUT2D eigenvalue weighted by Crippen LogP contribution is -2.20. The molecule has 1 N–H and O–H groups in total. The van der Waals surface area contributed by atoms with Crippen LogP contribution in [0.15, 0.2) is 48.0 Å². The Bertz CT molecular complexity index is 977. The molecular weight excluding hydrogens is 390 g/mol. The highest BCUT2D eigenvalue weighted by atomic mass is 35.5. The van der Waals surface area contributed by atoms with E-state index in [9.17, 15) is 9.59 Å². The minimum absolute atomic E-state index is 0.168. The maximum atomic E-state index is 12.0. The first kappa shape index (κ1) is 18.8. The van der Waals surface area contributed by atoms with Crippen LogP contribution in [0.3, 0.4) is 0 Å². The Labute approximate surface area is 163 Å². The van der Waals surface area contributed by atoms with Crippen LogP contribution in [0.25, 0.3) is 11.3 Å². The molecule has 0 bridgehead atoms. The quantitative estimate of drug-likeness (QED) is 0.499. The van der Waals surface area contributed by atoms with Gasteiger partial charge in [0.25, 0.3) is 5.91 Å². The van der Waals surface area contributed by atoms with E-state index in [0.29, 0.717) is 16.6 Å². The number of rotatable bonds is 6. The Kier molecular flexibility index (Phi) is 6.00.